The third-order valence-electron chi connectivity index (χ3n) is 4.01. The number of ether oxygens (including phenoxy) is 1. The van der Waals surface area contributed by atoms with Gasteiger partial charge in [-0.1, -0.05) is 0 Å². The first kappa shape index (κ1) is 11.4. The quantitative estimate of drug-likeness (QED) is 0.600. The maximum Gasteiger partial charge on any atom is 0.0644 e. The largest absolute Gasteiger partial charge is 0.375 e. The van der Waals surface area contributed by atoms with Gasteiger partial charge in [-0.05, 0) is 40.8 Å². The Balaban J connectivity index is 2.15. The van der Waals surface area contributed by atoms with Gasteiger partial charge in [0.2, 0.25) is 0 Å². The molecule has 2 heterocycles. The lowest BCUT2D eigenvalue weighted by molar-refractivity contribution is -0.133. The summed E-state index contributed by atoms with van der Waals surface area (Å²) in [5, 5.41) is 0. The molecule has 0 unspecified atom stereocenters. The lowest BCUT2D eigenvalue weighted by atomic mass is 9.78. The first-order valence-corrected chi connectivity index (χ1v) is 5.97. The van der Waals surface area contributed by atoms with Crippen LogP contribution in [0.1, 0.15) is 26.7 Å². The normalized spacial score (nSPS) is 38.4. The number of hydrogen-bond acceptors (Lipinski definition) is 3. The molecule has 1 spiro atoms. The number of rotatable bonds is 0. The molecule has 2 rings (SSSR count). The van der Waals surface area contributed by atoms with Crippen LogP contribution in [0.25, 0.3) is 0 Å². The van der Waals surface area contributed by atoms with Crippen LogP contribution in [0.15, 0.2) is 0 Å². The molecule has 0 bridgehead atoms. The Morgan fingerprint density at radius 2 is 1.87 bits per heavy atom. The second kappa shape index (κ2) is 3.72. The fourth-order valence-electron chi connectivity index (χ4n) is 3.17. The van der Waals surface area contributed by atoms with Crippen molar-refractivity contribution in [2.75, 3.05) is 40.3 Å². The molecule has 0 aromatic heterocycles. The molecule has 0 saturated carbocycles. The van der Waals surface area contributed by atoms with Crippen molar-refractivity contribution in [3.05, 3.63) is 0 Å². The molecule has 0 radical (unpaired) electrons. The fourth-order valence-corrected chi connectivity index (χ4v) is 3.17. The summed E-state index contributed by atoms with van der Waals surface area (Å²) < 4.78 is 5.83. The second-order valence-electron chi connectivity index (χ2n) is 5.92. The molecule has 0 aromatic carbocycles. The molecule has 15 heavy (non-hydrogen) atoms. The zero-order valence-corrected chi connectivity index (χ0v) is 10.5. The molecule has 88 valence electrons. The fraction of sp³-hybridized carbons (Fsp3) is 1.00. The summed E-state index contributed by atoms with van der Waals surface area (Å²) in [6.45, 7) is 8.92. The topological polar surface area (TPSA) is 15.7 Å². The molecule has 2 aliphatic heterocycles. The van der Waals surface area contributed by atoms with Crippen molar-refractivity contribution in [1.82, 2.24) is 9.80 Å². The van der Waals surface area contributed by atoms with Gasteiger partial charge in [0, 0.05) is 31.8 Å². The molecule has 0 N–H and O–H groups in total. The third kappa shape index (κ3) is 2.19. The lowest BCUT2D eigenvalue weighted by Crippen LogP contribution is -2.64. The number of hydrogen-bond donors (Lipinski definition) is 0. The van der Waals surface area contributed by atoms with Crippen LogP contribution in [0, 0.1) is 0 Å². The zero-order valence-electron chi connectivity index (χ0n) is 10.5. The van der Waals surface area contributed by atoms with Crippen molar-refractivity contribution in [3.8, 4) is 0 Å². The summed E-state index contributed by atoms with van der Waals surface area (Å²) in [5.74, 6) is 0. The predicted octanol–water partition coefficient (Wildman–Crippen LogP) is 1.19. The highest BCUT2D eigenvalue weighted by molar-refractivity contribution is 5.01. The predicted molar refractivity (Wildman–Crippen MR) is 62.1 cm³/mol. The van der Waals surface area contributed by atoms with Crippen molar-refractivity contribution in [3.63, 3.8) is 0 Å². The molecule has 3 heteroatoms. The van der Waals surface area contributed by atoms with Gasteiger partial charge in [0.1, 0.15) is 0 Å². The van der Waals surface area contributed by atoms with E-state index in [9.17, 15) is 0 Å². The molecule has 0 aliphatic carbocycles. The molecular weight excluding hydrogens is 188 g/mol. The third-order valence-corrected chi connectivity index (χ3v) is 4.01. The minimum Gasteiger partial charge on any atom is -0.375 e. The van der Waals surface area contributed by atoms with Crippen LogP contribution in [-0.2, 0) is 4.74 Å². The van der Waals surface area contributed by atoms with Gasteiger partial charge in [-0.15, -0.1) is 0 Å². The number of nitrogens with zero attached hydrogens (tertiary/aromatic N) is 2. The highest BCUT2D eigenvalue weighted by atomic mass is 16.5. The van der Waals surface area contributed by atoms with Gasteiger partial charge in [0.05, 0.1) is 5.60 Å². The summed E-state index contributed by atoms with van der Waals surface area (Å²) >= 11 is 0. The monoisotopic (exact) mass is 212 g/mol. The van der Waals surface area contributed by atoms with E-state index < -0.39 is 0 Å². The SMILES string of the molecule is CN1CCN(C)[C@@]2(CCOC(C)(C)C2)C1. The maximum absolute atomic E-state index is 5.83. The Hall–Kier alpha value is -0.120. The van der Waals surface area contributed by atoms with Gasteiger partial charge in [-0.25, -0.2) is 0 Å². The van der Waals surface area contributed by atoms with Crippen LogP contribution in [0.4, 0.5) is 0 Å². The first-order valence-electron chi connectivity index (χ1n) is 5.97. The van der Waals surface area contributed by atoms with Crippen LogP contribution in [0.2, 0.25) is 0 Å². The van der Waals surface area contributed by atoms with Crippen LogP contribution >= 0.6 is 0 Å². The van der Waals surface area contributed by atoms with E-state index in [1.165, 1.54) is 26.1 Å². The standard InChI is InChI=1S/C12H24N2O/c1-11(2)9-12(5-8-15-11)10-13(3)6-7-14(12)4/h5-10H2,1-4H3/t12-/m1/s1. The van der Waals surface area contributed by atoms with E-state index in [1.807, 2.05) is 0 Å². The van der Waals surface area contributed by atoms with Crippen LogP contribution < -0.4 is 0 Å². The van der Waals surface area contributed by atoms with Crippen molar-refractivity contribution in [2.45, 2.75) is 37.8 Å². The minimum absolute atomic E-state index is 0.0463. The lowest BCUT2D eigenvalue weighted by Gasteiger charge is -2.54. The van der Waals surface area contributed by atoms with Crippen molar-refractivity contribution < 1.29 is 4.74 Å². The average molecular weight is 212 g/mol. The van der Waals surface area contributed by atoms with Gasteiger partial charge in [-0.3, -0.25) is 4.90 Å². The number of piperazine rings is 1. The molecule has 3 nitrogen and oxygen atoms in total. The highest BCUT2D eigenvalue weighted by Crippen LogP contribution is 2.37. The Bertz CT molecular complexity index is 242. The van der Waals surface area contributed by atoms with Gasteiger partial charge < -0.3 is 9.64 Å². The van der Waals surface area contributed by atoms with E-state index >= 15 is 0 Å². The highest BCUT2D eigenvalue weighted by Gasteiger charge is 2.45. The van der Waals surface area contributed by atoms with Crippen molar-refractivity contribution >= 4 is 0 Å². The number of likely N-dealkylation sites (N-methyl/N-ethyl adjacent to an activating group) is 2. The maximum atomic E-state index is 5.83. The average Bonchev–Trinajstić information content (AvgIpc) is 2.10. The molecule has 0 aromatic rings. The molecule has 0 amide bonds. The smallest absolute Gasteiger partial charge is 0.0644 e. The van der Waals surface area contributed by atoms with Gasteiger partial charge >= 0.3 is 0 Å². The molecule has 2 aliphatic rings. The summed E-state index contributed by atoms with van der Waals surface area (Å²) in [7, 11) is 4.51. The summed E-state index contributed by atoms with van der Waals surface area (Å²) in [5.41, 5.74) is 0.402. The first-order chi connectivity index (χ1) is 6.94. The van der Waals surface area contributed by atoms with E-state index in [2.05, 4.69) is 37.7 Å². The van der Waals surface area contributed by atoms with Crippen LogP contribution in [0.5, 0.6) is 0 Å². The van der Waals surface area contributed by atoms with Gasteiger partial charge in [0.15, 0.2) is 0 Å². The van der Waals surface area contributed by atoms with E-state index in [0.29, 0.717) is 5.54 Å². The van der Waals surface area contributed by atoms with Crippen molar-refractivity contribution in [1.29, 1.82) is 0 Å². The van der Waals surface area contributed by atoms with E-state index in [0.717, 1.165) is 13.0 Å². The van der Waals surface area contributed by atoms with E-state index in [4.69, 9.17) is 4.74 Å². The molecule has 2 fully saturated rings. The Kier molecular flexibility index (Phi) is 2.82. The summed E-state index contributed by atoms with van der Waals surface area (Å²) in [4.78, 5) is 5.01. The van der Waals surface area contributed by atoms with Gasteiger partial charge in [0.25, 0.3) is 0 Å². The van der Waals surface area contributed by atoms with E-state index in [1.54, 1.807) is 0 Å². The van der Waals surface area contributed by atoms with Crippen LogP contribution in [-0.4, -0.2) is 61.3 Å². The molecule has 1 atom stereocenters. The summed E-state index contributed by atoms with van der Waals surface area (Å²) in [6, 6.07) is 0. The Morgan fingerprint density at radius 1 is 1.13 bits per heavy atom. The Morgan fingerprint density at radius 3 is 2.53 bits per heavy atom. The Labute approximate surface area is 93.4 Å². The molecular formula is C12H24N2O. The van der Waals surface area contributed by atoms with Crippen LogP contribution in [0.3, 0.4) is 0 Å². The van der Waals surface area contributed by atoms with E-state index in [-0.39, 0.29) is 5.60 Å². The zero-order chi connectivity index (χ0) is 11.1. The minimum atomic E-state index is 0.0463. The second-order valence-corrected chi connectivity index (χ2v) is 5.92. The molecule has 2 saturated heterocycles. The van der Waals surface area contributed by atoms with Crippen molar-refractivity contribution in [2.24, 2.45) is 0 Å². The van der Waals surface area contributed by atoms with Gasteiger partial charge in [-0.2, -0.15) is 0 Å². The summed E-state index contributed by atoms with van der Waals surface area (Å²) in [6.07, 6.45) is 2.33.